The molecule has 1 aliphatic carbocycles. The maximum Gasteiger partial charge on any atom is 0.182 e. The first-order valence-electron chi connectivity index (χ1n) is 6.72. The fourth-order valence-corrected chi connectivity index (χ4v) is 14.2. The van der Waals surface area contributed by atoms with E-state index in [4.69, 9.17) is 4.12 Å². The Morgan fingerprint density at radius 3 is 1.93 bits per heavy atom. The van der Waals surface area contributed by atoms with E-state index in [0.29, 0.717) is 0 Å². The molecular weight excluding hydrogens is 216 g/mol. The molecule has 0 amide bonds. The minimum atomic E-state index is -1.30. The van der Waals surface area contributed by atoms with Gasteiger partial charge in [-0.05, 0) is 37.3 Å². The lowest BCUT2D eigenvalue weighted by atomic mass is 10.4. The molecule has 1 saturated carbocycles. The third-order valence-corrected chi connectivity index (χ3v) is 12.6. The molecule has 1 heterocycles. The summed E-state index contributed by atoms with van der Waals surface area (Å²) in [5.74, 6) is 0. The Morgan fingerprint density at radius 1 is 0.933 bits per heavy atom. The van der Waals surface area contributed by atoms with Crippen LogP contribution < -0.4 is 0 Å². The summed E-state index contributed by atoms with van der Waals surface area (Å²) in [5.41, 5.74) is 1.03. The Labute approximate surface area is 96.9 Å². The standard InChI is InChI=1S/C12H26OSi2/c1-14(2,3)13-15(10-6-7-11-15)12-8-4-5-9-12/h12H,4-11H2,1-3H3. The summed E-state index contributed by atoms with van der Waals surface area (Å²) in [6.07, 6.45) is 8.89. The summed E-state index contributed by atoms with van der Waals surface area (Å²) < 4.78 is 6.75. The highest BCUT2D eigenvalue weighted by Gasteiger charge is 2.48. The fraction of sp³-hybridized carbons (Fsp3) is 1.00. The van der Waals surface area contributed by atoms with Gasteiger partial charge in [-0.1, -0.05) is 38.5 Å². The van der Waals surface area contributed by atoms with Crippen LogP contribution in [-0.4, -0.2) is 16.6 Å². The van der Waals surface area contributed by atoms with Gasteiger partial charge in [0.05, 0.1) is 0 Å². The number of rotatable bonds is 3. The van der Waals surface area contributed by atoms with Crippen LogP contribution in [0, 0.1) is 0 Å². The van der Waals surface area contributed by atoms with E-state index in [-0.39, 0.29) is 0 Å². The van der Waals surface area contributed by atoms with Gasteiger partial charge < -0.3 is 4.12 Å². The SMILES string of the molecule is C[Si](C)(C)O[Si]1(C2CCCC2)CCCC1. The van der Waals surface area contributed by atoms with Crippen molar-refractivity contribution >= 4 is 16.6 Å². The molecule has 0 radical (unpaired) electrons. The van der Waals surface area contributed by atoms with E-state index in [1.54, 1.807) is 0 Å². The Hall–Kier alpha value is 0.394. The summed E-state index contributed by atoms with van der Waals surface area (Å²) in [5, 5.41) is 0. The molecule has 0 atom stereocenters. The highest BCUT2D eigenvalue weighted by atomic mass is 28.4. The third-order valence-electron chi connectivity index (χ3n) is 4.06. The van der Waals surface area contributed by atoms with Gasteiger partial charge in [0.15, 0.2) is 16.6 Å². The molecule has 15 heavy (non-hydrogen) atoms. The minimum Gasteiger partial charge on any atom is -0.455 e. The monoisotopic (exact) mass is 242 g/mol. The molecule has 0 aromatic rings. The summed E-state index contributed by atoms with van der Waals surface area (Å²) >= 11 is 0. The Morgan fingerprint density at radius 2 is 1.47 bits per heavy atom. The van der Waals surface area contributed by atoms with Crippen LogP contribution in [0.4, 0.5) is 0 Å². The van der Waals surface area contributed by atoms with E-state index in [1.807, 2.05) is 0 Å². The summed E-state index contributed by atoms with van der Waals surface area (Å²) in [7, 11) is -2.57. The van der Waals surface area contributed by atoms with E-state index in [0.717, 1.165) is 5.54 Å². The molecule has 1 aliphatic heterocycles. The van der Waals surface area contributed by atoms with Gasteiger partial charge in [-0.2, -0.15) is 0 Å². The lowest BCUT2D eigenvalue weighted by Gasteiger charge is -2.39. The zero-order valence-electron chi connectivity index (χ0n) is 10.6. The van der Waals surface area contributed by atoms with Crippen LogP contribution in [-0.2, 0) is 4.12 Å². The molecule has 1 nitrogen and oxygen atoms in total. The van der Waals surface area contributed by atoms with Crippen molar-refractivity contribution in [3.8, 4) is 0 Å². The summed E-state index contributed by atoms with van der Waals surface area (Å²) in [6, 6.07) is 2.98. The van der Waals surface area contributed by atoms with E-state index >= 15 is 0 Å². The van der Waals surface area contributed by atoms with Crippen molar-refractivity contribution < 1.29 is 4.12 Å². The Bertz CT molecular complexity index is 210. The maximum atomic E-state index is 6.75. The van der Waals surface area contributed by atoms with E-state index < -0.39 is 16.6 Å². The van der Waals surface area contributed by atoms with Crippen molar-refractivity contribution in [2.75, 3.05) is 0 Å². The van der Waals surface area contributed by atoms with Crippen molar-refractivity contribution in [2.45, 2.75) is 75.8 Å². The quantitative estimate of drug-likeness (QED) is 0.661. The van der Waals surface area contributed by atoms with Crippen molar-refractivity contribution in [2.24, 2.45) is 0 Å². The first-order chi connectivity index (χ1) is 7.02. The van der Waals surface area contributed by atoms with Crippen molar-refractivity contribution in [1.29, 1.82) is 0 Å². The van der Waals surface area contributed by atoms with E-state index in [1.165, 1.54) is 50.6 Å². The molecule has 2 fully saturated rings. The smallest absolute Gasteiger partial charge is 0.182 e. The molecule has 0 spiro atoms. The van der Waals surface area contributed by atoms with Gasteiger partial charge >= 0.3 is 0 Å². The molecule has 3 heteroatoms. The van der Waals surface area contributed by atoms with Crippen molar-refractivity contribution in [1.82, 2.24) is 0 Å². The van der Waals surface area contributed by atoms with Gasteiger partial charge in [0.25, 0.3) is 0 Å². The lowest BCUT2D eigenvalue weighted by Crippen LogP contribution is -2.47. The Kier molecular flexibility index (Phi) is 3.43. The molecule has 0 aromatic heterocycles. The molecule has 0 unspecified atom stereocenters. The van der Waals surface area contributed by atoms with Gasteiger partial charge in [0, 0.05) is 0 Å². The van der Waals surface area contributed by atoms with Gasteiger partial charge in [-0.25, -0.2) is 0 Å². The maximum absolute atomic E-state index is 6.75. The average Bonchev–Trinajstić information content (AvgIpc) is 2.68. The average molecular weight is 243 g/mol. The number of hydrogen-bond donors (Lipinski definition) is 0. The van der Waals surface area contributed by atoms with E-state index in [2.05, 4.69) is 19.6 Å². The largest absolute Gasteiger partial charge is 0.455 e. The predicted molar refractivity (Wildman–Crippen MR) is 71.3 cm³/mol. The fourth-order valence-electron chi connectivity index (χ4n) is 3.63. The van der Waals surface area contributed by atoms with Gasteiger partial charge in [0.2, 0.25) is 0 Å². The molecule has 0 bridgehead atoms. The van der Waals surface area contributed by atoms with Crippen LogP contribution in [0.2, 0.25) is 37.3 Å². The number of hydrogen-bond acceptors (Lipinski definition) is 1. The molecule has 0 N–H and O–H groups in total. The van der Waals surface area contributed by atoms with Gasteiger partial charge in [-0.15, -0.1) is 0 Å². The highest BCUT2D eigenvalue weighted by molar-refractivity contribution is 6.86. The van der Waals surface area contributed by atoms with Crippen LogP contribution in [0.5, 0.6) is 0 Å². The molecule has 88 valence electrons. The molecule has 1 saturated heterocycles. The molecule has 0 aromatic carbocycles. The van der Waals surface area contributed by atoms with Crippen molar-refractivity contribution in [3.05, 3.63) is 0 Å². The zero-order chi connectivity index (χ0) is 10.9. The van der Waals surface area contributed by atoms with Crippen molar-refractivity contribution in [3.63, 3.8) is 0 Å². The summed E-state index contributed by atoms with van der Waals surface area (Å²) in [6.45, 7) is 7.15. The topological polar surface area (TPSA) is 9.23 Å². The van der Waals surface area contributed by atoms with Crippen LogP contribution in [0.25, 0.3) is 0 Å². The first kappa shape index (κ1) is 11.9. The van der Waals surface area contributed by atoms with Gasteiger partial charge in [0.1, 0.15) is 0 Å². The second-order valence-electron chi connectivity index (χ2n) is 6.47. The normalized spacial score (nSPS) is 27.4. The Balaban J connectivity index is 2.09. The third kappa shape index (κ3) is 2.74. The predicted octanol–water partition coefficient (Wildman–Crippen LogP) is 4.52. The van der Waals surface area contributed by atoms with Crippen LogP contribution in [0.3, 0.4) is 0 Å². The highest BCUT2D eigenvalue weighted by Crippen LogP contribution is 2.48. The molecule has 2 aliphatic rings. The summed E-state index contributed by atoms with van der Waals surface area (Å²) in [4.78, 5) is 0. The first-order valence-corrected chi connectivity index (χ1v) is 12.5. The lowest BCUT2D eigenvalue weighted by molar-refractivity contribution is 0.510. The second kappa shape index (κ2) is 4.34. The van der Waals surface area contributed by atoms with Crippen LogP contribution in [0.1, 0.15) is 38.5 Å². The van der Waals surface area contributed by atoms with Gasteiger partial charge in [-0.3, -0.25) is 0 Å². The molecule has 2 rings (SSSR count). The minimum absolute atomic E-state index is 1.03. The second-order valence-corrected chi connectivity index (χ2v) is 15.5. The van der Waals surface area contributed by atoms with E-state index in [9.17, 15) is 0 Å². The van der Waals surface area contributed by atoms with Crippen LogP contribution >= 0.6 is 0 Å². The molecular formula is C12H26OSi2. The zero-order valence-corrected chi connectivity index (χ0v) is 12.6. The van der Waals surface area contributed by atoms with Crippen LogP contribution in [0.15, 0.2) is 0 Å².